The van der Waals surface area contributed by atoms with Gasteiger partial charge in [-0.1, -0.05) is 31.3 Å². The van der Waals surface area contributed by atoms with Crippen molar-refractivity contribution in [3.8, 4) is 0 Å². The molecule has 0 atom stereocenters. The maximum atomic E-state index is 5.86. The van der Waals surface area contributed by atoms with Crippen molar-refractivity contribution in [2.75, 3.05) is 6.61 Å². The molecule has 104 valence electrons. The molecule has 0 saturated carbocycles. The highest BCUT2D eigenvalue weighted by atomic mass is 16.5. The highest BCUT2D eigenvalue weighted by Crippen LogP contribution is 2.26. The Hall–Kier alpha value is -0.720. The molecular weight excluding hydrogens is 220 g/mol. The SMILES string of the molecule is CCOC1=C(C)C(C)=C(C)CCCCCCCC1. The lowest BCUT2D eigenvalue weighted by Gasteiger charge is -2.17. The van der Waals surface area contributed by atoms with Crippen molar-refractivity contribution in [3.63, 3.8) is 0 Å². The summed E-state index contributed by atoms with van der Waals surface area (Å²) in [5.74, 6) is 1.23. The molecule has 0 radical (unpaired) electrons. The molecule has 0 unspecified atom stereocenters. The first kappa shape index (κ1) is 15.3. The van der Waals surface area contributed by atoms with E-state index in [2.05, 4.69) is 27.7 Å². The van der Waals surface area contributed by atoms with E-state index in [0.717, 1.165) is 13.0 Å². The van der Waals surface area contributed by atoms with E-state index < -0.39 is 0 Å². The van der Waals surface area contributed by atoms with Crippen LogP contribution in [-0.2, 0) is 4.74 Å². The van der Waals surface area contributed by atoms with Crippen molar-refractivity contribution < 1.29 is 4.74 Å². The second-order valence-corrected chi connectivity index (χ2v) is 5.51. The quantitative estimate of drug-likeness (QED) is 0.604. The molecular formula is C17H30O. The van der Waals surface area contributed by atoms with Crippen LogP contribution in [0, 0.1) is 0 Å². The summed E-state index contributed by atoms with van der Waals surface area (Å²) in [5, 5.41) is 0. The average Bonchev–Trinajstić information content (AvgIpc) is 2.37. The smallest absolute Gasteiger partial charge is 0.0991 e. The van der Waals surface area contributed by atoms with Crippen molar-refractivity contribution >= 4 is 0 Å². The van der Waals surface area contributed by atoms with Crippen LogP contribution in [0.15, 0.2) is 22.5 Å². The lowest BCUT2D eigenvalue weighted by Crippen LogP contribution is -2.00. The molecule has 0 bridgehead atoms. The monoisotopic (exact) mass is 250 g/mol. The third-order valence-electron chi connectivity index (χ3n) is 4.15. The fourth-order valence-corrected chi connectivity index (χ4v) is 2.64. The minimum Gasteiger partial charge on any atom is -0.498 e. The van der Waals surface area contributed by atoms with Gasteiger partial charge in [0, 0.05) is 6.42 Å². The van der Waals surface area contributed by atoms with E-state index >= 15 is 0 Å². The van der Waals surface area contributed by atoms with E-state index in [9.17, 15) is 0 Å². The fourth-order valence-electron chi connectivity index (χ4n) is 2.64. The minimum absolute atomic E-state index is 0.791. The summed E-state index contributed by atoms with van der Waals surface area (Å²) in [6.45, 7) is 9.65. The van der Waals surface area contributed by atoms with Gasteiger partial charge in [0.15, 0.2) is 0 Å². The summed E-state index contributed by atoms with van der Waals surface area (Å²) >= 11 is 0. The number of hydrogen-bond acceptors (Lipinski definition) is 1. The molecule has 0 N–H and O–H groups in total. The zero-order valence-corrected chi connectivity index (χ0v) is 12.8. The van der Waals surface area contributed by atoms with Gasteiger partial charge in [0.1, 0.15) is 0 Å². The van der Waals surface area contributed by atoms with Crippen LogP contribution in [0.2, 0.25) is 0 Å². The third-order valence-corrected chi connectivity index (χ3v) is 4.15. The zero-order valence-electron chi connectivity index (χ0n) is 12.8. The fraction of sp³-hybridized carbons (Fsp3) is 0.765. The average molecular weight is 250 g/mol. The van der Waals surface area contributed by atoms with Gasteiger partial charge in [0.2, 0.25) is 0 Å². The Morgan fingerprint density at radius 1 is 0.778 bits per heavy atom. The van der Waals surface area contributed by atoms with Gasteiger partial charge >= 0.3 is 0 Å². The van der Waals surface area contributed by atoms with E-state index in [4.69, 9.17) is 4.74 Å². The maximum Gasteiger partial charge on any atom is 0.0991 e. The highest BCUT2D eigenvalue weighted by Gasteiger charge is 2.09. The van der Waals surface area contributed by atoms with Crippen LogP contribution >= 0.6 is 0 Å². The summed E-state index contributed by atoms with van der Waals surface area (Å²) in [7, 11) is 0. The summed E-state index contributed by atoms with van der Waals surface area (Å²) in [5.41, 5.74) is 4.39. The molecule has 0 aromatic carbocycles. The first-order chi connectivity index (χ1) is 8.66. The van der Waals surface area contributed by atoms with Crippen LogP contribution < -0.4 is 0 Å². The van der Waals surface area contributed by atoms with Crippen molar-refractivity contribution in [2.45, 2.75) is 79.1 Å². The molecule has 0 heterocycles. The number of hydrogen-bond donors (Lipinski definition) is 0. The molecule has 0 saturated heterocycles. The number of allylic oxidation sites excluding steroid dienone is 4. The van der Waals surface area contributed by atoms with Crippen LogP contribution in [0.25, 0.3) is 0 Å². The van der Waals surface area contributed by atoms with Crippen LogP contribution in [-0.4, -0.2) is 6.61 Å². The Bertz CT molecular complexity index is 310. The van der Waals surface area contributed by atoms with Gasteiger partial charge in [0.05, 0.1) is 12.4 Å². The molecule has 1 aliphatic carbocycles. The maximum absolute atomic E-state index is 5.86. The van der Waals surface area contributed by atoms with Gasteiger partial charge in [-0.25, -0.2) is 0 Å². The second kappa shape index (κ2) is 8.39. The Kier molecular flexibility index (Phi) is 7.15. The topological polar surface area (TPSA) is 9.23 Å². The van der Waals surface area contributed by atoms with E-state index in [1.165, 1.54) is 61.9 Å². The van der Waals surface area contributed by atoms with Gasteiger partial charge in [-0.3, -0.25) is 0 Å². The van der Waals surface area contributed by atoms with Crippen LogP contribution in [0.5, 0.6) is 0 Å². The molecule has 0 aromatic heterocycles. The van der Waals surface area contributed by atoms with Crippen molar-refractivity contribution in [1.82, 2.24) is 0 Å². The van der Waals surface area contributed by atoms with Gasteiger partial charge in [-0.05, 0) is 58.1 Å². The summed E-state index contributed by atoms with van der Waals surface area (Å²) < 4.78 is 5.86. The predicted octanol–water partition coefficient (Wildman–Crippen LogP) is 5.77. The lowest BCUT2D eigenvalue weighted by molar-refractivity contribution is 0.213. The predicted molar refractivity (Wildman–Crippen MR) is 79.6 cm³/mol. The largest absolute Gasteiger partial charge is 0.498 e. The standard InChI is InChI=1S/C17H30O/c1-5-18-17-13-11-9-7-6-8-10-12-14(2)15(3)16(17)4/h5-13H2,1-4H3. The Morgan fingerprint density at radius 2 is 1.33 bits per heavy atom. The molecule has 1 nitrogen and oxygen atoms in total. The number of rotatable bonds is 2. The van der Waals surface area contributed by atoms with E-state index in [1.54, 1.807) is 5.57 Å². The summed E-state index contributed by atoms with van der Waals surface area (Å²) in [6.07, 6.45) is 10.5. The molecule has 0 aliphatic heterocycles. The first-order valence-corrected chi connectivity index (χ1v) is 7.66. The van der Waals surface area contributed by atoms with Gasteiger partial charge in [-0.2, -0.15) is 0 Å². The Balaban J connectivity index is 2.90. The third kappa shape index (κ3) is 4.88. The Labute approximate surface area is 113 Å². The molecule has 0 amide bonds. The second-order valence-electron chi connectivity index (χ2n) is 5.51. The molecule has 1 rings (SSSR count). The summed E-state index contributed by atoms with van der Waals surface area (Å²) in [4.78, 5) is 0. The first-order valence-electron chi connectivity index (χ1n) is 7.66. The van der Waals surface area contributed by atoms with Gasteiger partial charge < -0.3 is 4.74 Å². The van der Waals surface area contributed by atoms with Crippen molar-refractivity contribution in [3.05, 3.63) is 22.5 Å². The normalized spacial score (nSPS) is 20.4. The van der Waals surface area contributed by atoms with E-state index in [-0.39, 0.29) is 0 Å². The minimum atomic E-state index is 0.791. The van der Waals surface area contributed by atoms with Crippen LogP contribution in [0.3, 0.4) is 0 Å². The molecule has 0 spiro atoms. The highest BCUT2D eigenvalue weighted by molar-refractivity contribution is 5.33. The van der Waals surface area contributed by atoms with E-state index in [1.807, 2.05) is 0 Å². The van der Waals surface area contributed by atoms with Crippen LogP contribution in [0.1, 0.15) is 79.1 Å². The summed E-state index contributed by atoms with van der Waals surface area (Å²) in [6, 6.07) is 0. The Morgan fingerprint density at radius 3 is 1.94 bits per heavy atom. The lowest BCUT2D eigenvalue weighted by atomic mass is 9.95. The molecule has 18 heavy (non-hydrogen) atoms. The van der Waals surface area contributed by atoms with Crippen LogP contribution in [0.4, 0.5) is 0 Å². The van der Waals surface area contributed by atoms with Crippen molar-refractivity contribution in [1.29, 1.82) is 0 Å². The zero-order chi connectivity index (χ0) is 13.4. The van der Waals surface area contributed by atoms with Gasteiger partial charge in [0.25, 0.3) is 0 Å². The molecule has 0 fully saturated rings. The van der Waals surface area contributed by atoms with E-state index in [0.29, 0.717) is 0 Å². The molecule has 1 heteroatoms. The number of ether oxygens (including phenoxy) is 1. The van der Waals surface area contributed by atoms with Gasteiger partial charge in [-0.15, -0.1) is 0 Å². The van der Waals surface area contributed by atoms with Crippen molar-refractivity contribution in [2.24, 2.45) is 0 Å². The molecule has 0 aromatic rings. The molecule has 1 aliphatic rings.